The van der Waals surface area contributed by atoms with E-state index in [2.05, 4.69) is 20.3 Å². The summed E-state index contributed by atoms with van der Waals surface area (Å²) in [5.41, 5.74) is 1.30. The Morgan fingerprint density at radius 1 is 1.03 bits per heavy atom. The fraction of sp³-hybridized carbons (Fsp3) is 0.261. The zero-order valence-corrected chi connectivity index (χ0v) is 18.9. The molecule has 3 aromatic rings. The third kappa shape index (κ3) is 6.45. The van der Waals surface area contributed by atoms with Crippen LogP contribution in [-0.4, -0.2) is 58.9 Å². The van der Waals surface area contributed by atoms with Crippen LogP contribution < -0.4 is 15.0 Å². The number of halogens is 1. The summed E-state index contributed by atoms with van der Waals surface area (Å²) in [6.45, 7) is 3.97. The van der Waals surface area contributed by atoms with Crippen molar-refractivity contribution in [3.63, 3.8) is 0 Å². The van der Waals surface area contributed by atoms with Crippen LogP contribution in [-0.2, 0) is 9.59 Å². The Hall–Kier alpha value is -4.08. The maximum absolute atomic E-state index is 14.7. The first-order valence-corrected chi connectivity index (χ1v) is 10.2. The molecule has 2 heterocycles. The number of anilines is 2. The van der Waals surface area contributed by atoms with E-state index < -0.39 is 5.82 Å². The van der Waals surface area contributed by atoms with Crippen LogP contribution in [0.15, 0.2) is 48.9 Å². The zero-order chi connectivity index (χ0) is 24.0. The van der Waals surface area contributed by atoms with Crippen molar-refractivity contribution in [2.75, 3.05) is 37.4 Å². The molecule has 0 saturated heterocycles. The first-order valence-electron chi connectivity index (χ1n) is 10.2. The SMILES string of the molecule is CC(=O)Nc1ccc(-c2ccc(Oc3cncc(N(C)CCN(C)C(C)=O)n3)c(F)c2)cn1. The van der Waals surface area contributed by atoms with Crippen LogP contribution in [0, 0.1) is 5.82 Å². The zero-order valence-electron chi connectivity index (χ0n) is 18.9. The first-order chi connectivity index (χ1) is 15.7. The molecular weight excluding hydrogens is 427 g/mol. The van der Waals surface area contributed by atoms with Gasteiger partial charge in [-0.3, -0.25) is 14.6 Å². The number of ether oxygens (including phenoxy) is 1. The fourth-order valence-corrected chi connectivity index (χ4v) is 2.84. The molecule has 0 aliphatic rings. The lowest BCUT2D eigenvalue weighted by molar-refractivity contribution is -0.127. The van der Waals surface area contributed by atoms with Crippen molar-refractivity contribution in [2.24, 2.45) is 0 Å². The molecule has 10 heteroatoms. The lowest BCUT2D eigenvalue weighted by Crippen LogP contribution is -2.33. The number of nitrogens with zero attached hydrogens (tertiary/aromatic N) is 5. The van der Waals surface area contributed by atoms with Gasteiger partial charge in [0.05, 0.1) is 12.4 Å². The number of carbonyl (C=O) groups excluding carboxylic acids is 2. The Morgan fingerprint density at radius 2 is 1.79 bits per heavy atom. The van der Waals surface area contributed by atoms with E-state index in [4.69, 9.17) is 4.74 Å². The minimum Gasteiger partial charge on any atom is -0.434 e. The summed E-state index contributed by atoms with van der Waals surface area (Å²) in [6.07, 6.45) is 4.52. The molecule has 0 atom stereocenters. The highest BCUT2D eigenvalue weighted by Gasteiger charge is 2.12. The second-order valence-corrected chi connectivity index (χ2v) is 7.44. The third-order valence-corrected chi connectivity index (χ3v) is 4.85. The van der Waals surface area contributed by atoms with Gasteiger partial charge in [0, 0.05) is 52.8 Å². The van der Waals surface area contributed by atoms with E-state index in [1.165, 1.54) is 32.2 Å². The van der Waals surface area contributed by atoms with E-state index in [0.717, 1.165) is 0 Å². The van der Waals surface area contributed by atoms with Crippen LogP contribution in [0.1, 0.15) is 13.8 Å². The molecule has 3 rings (SSSR count). The van der Waals surface area contributed by atoms with Crippen LogP contribution >= 0.6 is 0 Å². The number of nitrogens with one attached hydrogen (secondary N) is 1. The minimum atomic E-state index is -0.568. The number of carbonyl (C=O) groups is 2. The van der Waals surface area contributed by atoms with Crippen LogP contribution in [0.25, 0.3) is 11.1 Å². The number of benzene rings is 1. The van der Waals surface area contributed by atoms with Gasteiger partial charge in [-0.2, -0.15) is 4.98 Å². The quantitative estimate of drug-likeness (QED) is 0.559. The molecular formula is C23H25FN6O3. The van der Waals surface area contributed by atoms with Crippen molar-refractivity contribution in [1.29, 1.82) is 0 Å². The Balaban J connectivity index is 1.69. The van der Waals surface area contributed by atoms with Gasteiger partial charge in [-0.15, -0.1) is 0 Å². The van der Waals surface area contributed by atoms with Gasteiger partial charge in [-0.25, -0.2) is 9.37 Å². The molecule has 33 heavy (non-hydrogen) atoms. The van der Waals surface area contributed by atoms with Crippen molar-refractivity contribution < 1.29 is 18.7 Å². The number of hydrogen-bond donors (Lipinski definition) is 1. The maximum atomic E-state index is 14.7. The smallest absolute Gasteiger partial charge is 0.239 e. The molecule has 0 spiro atoms. The summed E-state index contributed by atoms with van der Waals surface area (Å²) in [7, 11) is 3.55. The predicted molar refractivity (Wildman–Crippen MR) is 123 cm³/mol. The average Bonchev–Trinajstić information content (AvgIpc) is 2.79. The third-order valence-electron chi connectivity index (χ3n) is 4.85. The minimum absolute atomic E-state index is 0.00647. The van der Waals surface area contributed by atoms with Crippen LogP contribution in [0.3, 0.4) is 0 Å². The highest BCUT2D eigenvalue weighted by atomic mass is 19.1. The first kappa shape index (κ1) is 23.6. The van der Waals surface area contributed by atoms with Crippen molar-refractivity contribution in [3.05, 3.63) is 54.7 Å². The molecule has 0 radical (unpaired) electrons. The maximum Gasteiger partial charge on any atom is 0.239 e. The van der Waals surface area contributed by atoms with Crippen LogP contribution in [0.5, 0.6) is 11.6 Å². The molecule has 0 aliphatic carbocycles. The van der Waals surface area contributed by atoms with Gasteiger partial charge in [0.1, 0.15) is 5.82 Å². The Bertz CT molecular complexity index is 1140. The van der Waals surface area contributed by atoms with Crippen LogP contribution in [0.4, 0.5) is 16.0 Å². The second kappa shape index (κ2) is 10.5. The van der Waals surface area contributed by atoms with Crippen molar-refractivity contribution in [3.8, 4) is 22.8 Å². The number of hydrogen-bond acceptors (Lipinski definition) is 7. The van der Waals surface area contributed by atoms with Gasteiger partial charge >= 0.3 is 0 Å². The van der Waals surface area contributed by atoms with Gasteiger partial charge in [-0.1, -0.05) is 6.07 Å². The number of pyridine rings is 1. The number of likely N-dealkylation sites (N-methyl/N-ethyl adjacent to an activating group) is 2. The molecule has 2 amide bonds. The predicted octanol–water partition coefficient (Wildman–Crippen LogP) is 3.34. The molecule has 172 valence electrons. The number of amides is 2. The van der Waals surface area contributed by atoms with Gasteiger partial charge in [0.2, 0.25) is 17.7 Å². The van der Waals surface area contributed by atoms with E-state index >= 15 is 0 Å². The molecule has 0 fully saturated rings. The van der Waals surface area contributed by atoms with Gasteiger partial charge in [0.25, 0.3) is 0 Å². The summed E-state index contributed by atoms with van der Waals surface area (Å²) >= 11 is 0. The highest BCUT2D eigenvalue weighted by molar-refractivity contribution is 5.87. The summed E-state index contributed by atoms with van der Waals surface area (Å²) in [5, 5.41) is 2.58. The van der Waals surface area contributed by atoms with Gasteiger partial charge in [-0.05, 0) is 29.8 Å². The van der Waals surface area contributed by atoms with E-state index in [9.17, 15) is 14.0 Å². The lowest BCUT2D eigenvalue weighted by atomic mass is 10.1. The topological polar surface area (TPSA) is 101 Å². The van der Waals surface area contributed by atoms with Gasteiger partial charge in [0.15, 0.2) is 17.4 Å². The van der Waals surface area contributed by atoms with E-state index in [1.807, 2.05) is 11.9 Å². The summed E-state index contributed by atoms with van der Waals surface area (Å²) in [4.78, 5) is 38.5. The Morgan fingerprint density at radius 3 is 2.42 bits per heavy atom. The highest BCUT2D eigenvalue weighted by Crippen LogP contribution is 2.29. The molecule has 1 aromatic carbocycles. The van der Waals surface area contributed by atoms with Crippen molar-refractivity contribution >= 4 is 23.5 Å². The van der Waals surface area contributed by atoms with E-state index in [-0.39, 0.29) is 23.4 Å². The molecule has 0 saturated carbocycles. The summed E-state index contributed by atoms with van der Waals surface area (Å²) in [5.74, 6) is 0.297. The molecule has 0 aliphatic heterocycles. The number of aromatic nitrogens is 3. The normalized spacial score (nSPS) is 10.5. The van der Waals surface area contributed by atoms with Crippen molar-refractivity contribution in [1.82, 2.24) is 19.9 Å². The lowest BCUT2D eigenvalue weighted by Gasteiger charge is -2.22. The number of rotatable bonds is 8. The summed E-state index contributed by atoms with van der Waals surface area (Å²) in [6, 6.07) is 7.93. The Kier molecular flexibility index (Phi) is 7.50. The summed E-state index contributed by atoms with van der Waals surface area (Å²) < 4.78 is 20.3. The Labute approximate surface area is 191 Å². The fourth-order valence-electron chi connectivity index (χ4n) is 2.84. The van der Waals surface area contributed by atoms with E-state index in [1.54, 1.807) is 42.5 Å². The molecule has 2 aromatic heterocycles. The average molecular weight is 452 g/mol. The van der Waals surface area contributed by atoms with Gasteiger partial charge < -0.3 is 19.9 Å². The monoisotopic (exact) mass is 452 g/mol. The standard InChI is InChI=1S/C23H25FN6O3/c1-15(31)27-21-8-6-18(12-26-21)17-5-7-20(19(24)11-17)33-23-14-25-13-22(28-23)30(4)10-9-29(3)16(2)32/h5-8,11-14H,9-10H2,1-4H3,(H,26,27,31). The largest absolute Gasteiger partial charge is 0.434 e. The van der Waals surface area contributed by atoms with Crippen molar-refractivity contribution in [2.45, 2.75) is 13.8 Å². The van der Waals surface area contributed by atoms with E-state index in [0.29, 0.717) is 35.9 Å². The molecule has 1 N–H and O–H groups in total. The molecule has 9 nitrogen and oxygen atoms in total. The second-order valence-electron chi connectivity index (χ2n) is 7.44. The van der Waals surface area contributed by atoms with Crippen LogP contribution in [0.2, 0.25) is 0 Å². The molecule has 0 bridgehead atoms. The molecule has 0 unspecified atom stereocenters.